The molecule has 1 amide bonds. The number of nitrogens with zero attached hydrogens (tertiary/aromatic N) is 1. The van der Waals surface area contributed by atoms with E-state index in [0.29, 0.717) is 41.0 Å². The van der Waals surface area contributed by atoms with Crippen molar-refractivity contribution in [1.29, 1.82) is 0 Å². The number of carbonyl (C=O) groups is 1. The van der Waals surface area contributed by atoms with Crippen LogP contribution in [0.5, 0.6) is 0 Å². The molecule has 0 aliphatic carbocycles. The molecular formula is C21H21FN2O2S. The van der Waals surface area contributed by atoms with Gasteiger partial charge in [0.25, 0.3) is 0 Å². The average Bonchev–Trinajstić information content (AvgIpc) is 3.04. The molecule has 3 rings (SSSR count). The number of nitrogens with one attached hydrogen (secondary N) is 1. The highest BCUT2D eigenvalue weighted by atomic mass is 32.2. The Hall–Kier alpha value is -2.60. The van der Waals surface area contributed by atoms with Crippen LogP contribution in [-0.4, -0.2) is 23.2 Å². The molecule has 6 heteroatoms. The summed E-state index contributed by atoms with van der Waals surface area (Å²) >= 11 is 1.58. The monoisotopic (exact) mass is 384 g/mol. The van der Waals surface area contributed by atoms with Crippen LogP contribution in [0.4, 0.5) is 4.39 Å². The van der Waals surface area contributed by atoms with E-state index in [2.05, 4.69) is 10.3 Å². The summed E-state index contributed by atoms with van der Waals surface area (Å²) in [6.07, 6.45) is 0.181. The third-order valence-corrected chi connectivity index (χ3v) is 5.03. The predicted molar refractivity (Wildman–Crippen MR) is 106 cm³/mol. The number of carbonyl (C=O) groups excluding carboxylic acids is 1. The van der Waals surface area contributed by atoms with E-state index in [4.69, 9.17) is 4.42 Å². The lowest BCUT2D eigenvalue weighted by Gasteiger charge is -2.05. The third-order valence-electron chi connectivity index (χ3n) is 4.03. The molecule has 2 aromatic carbocycles. The Labute approximate surface area is 162 Å². The third kappa shape index (κ3) is 5.44. The van der Waals surface area contributed by atoms with Crippen molar-refractivity contribution in [3.63, 3.8) is 0 Å². The second-order valence-electron chi connectivity index (χ2n) is 6.06. The van der Waals surface area contributed by atoms with Gasteiger partial charge in [0.2, 0.25) is 11.8 Å². The van der Waals surface area contributed by atoms with Gasteiger partial charge in [0.05, 0.1) is 12.1 Å². The van der Waals surface area contributed by atoms with Crippen LogP contribution in [0.1, 0.15) is 17.0 Å². The van der Waals surface area contributed by atoms with Crippen LogP contribution in [0, 0.1) is 12.7 Å². The largest absolute Gasteiger partial charge is 0.441 e. The first-order chi connectivity index (χ1) is 13.1. The van der Waals surface area contributed by atoms with Gasteiger partial charge in [-0.05, 0) is 30.7 Å². The van der Waals surface area contributed by atoms with Crippen LogP contribution in [-0.2, 0) is 17.0 Å². The van der Waals surface area contributed by atoms with Gasteiger partial charge in [-0.2, -0.15) is 11.8 Å². The lowest BCUT2D eigenvalue weighted by atomic mass is 10.2. The molecule has 1 aromatic heterocycles. The normalized spacial score (nSPS) is 10.7. The van der Waals surface area contributed by atoms with E-state index in [1.165, 1.54) is 6.07 Å². The molecule has 140 valence electrons. The van der Waals surface area contributed by atoms with Crippen molar-refractivity contribution in [2.75, 3.05) is 12.3 Å². The van der Waals surface area contributed by atoms with Crippen LogP contribution < -0.4 is 5.32 Å². The van der Waals surface area contributed by atoms with Gasteiger partial charge in [-0.15, -0.1) is 0 Å². The smallest absolute Gasteiger partial charge is 0.226 e. The lowest BCUT2D eigenvalue weighted by Crippen LogP contribution is -2.27. The first-order valence-electron chi connectivity index (χ1n) is 8.73. The second-order valence-corrected chi connectivity index (χ2v) is 7.16. The van der Waals surface area contributed by atoms with Gasteiger partial charge in [0, 0.05) is 23.6 Å². The molecule has 0 saturated carbocycles. The maximum Gasteiger partial charge on any atom is 0.226 e. The molecule has 0 radical (unpaired) electrons. The molecular weight excluding hydrogens is 363 g/mol. The van der Waals surface area contributed by atoms with Crippen molar-refractivity contribution in [3.8, 4) is 11.5 Å². The number of oxazole rings is 1. The van der Waals surface area contributed by atoms with Gasteiger partial charge in [-0.3, -0.25) is 4.79 Å². The van der Waals surface area contributed by atoms with Gasteiger partial charge in [-0.25, -0.2) is 9.37 Å². The van der Waals surface area contributed by atoms with Gasteiger partial charge < -0.3 is 9.73 Å². The summed E-state index contributed by atoms with van der Waals surface area (Å²) < 4.78 is 19.2. The highest BCUT2D eigenvalue weighted by Crippen LogP contribution is 2.21. The number of rotatable bonds is 8. The Kier molecular flexibility index (Phi) is 6.65. The first kappa shape index (κ1) is 19.2. The summed E-state index contributed by atoms with van der Waals surface area (Å²) in [7, 11) is 0. The minimum Gasteiger partial charge on any atom is -0.441 e. The Bertz CT molecular complexity index is 896. The molecule has 0 atom stereocenters. The number of aromatic nitrogens is 1. The molecule has 0 aliphatic heterocycles. The first-order valence-corrected chi connectivity index (χ1v) is 9.88. The summed E-state index contributed by atoms with van der Waals surface area (Å²) in [5.41, 5.74) is 2.21. The average molecular weight is 384 g/mol. The van der Waals surface area contributed by atoms with Crippen LogP contribution in [0.2, 0.25) is 0 Å². The summed E-state index contributed by atoms with van der Waals surface area (Å²) in [5, 5.41) is 2.87. The Morgan fingerprint density at radius 1 is 1.15 bits per heavy atom. The van der Waals surface area contributed by atoms with E-state index >= 15 is 0 Å². The Balaban J connectivity index is 1.43. The van der Waals surface area contributed by atoms with Crippen LogP contribution in [0.3, 0.4) is 0 Å². The zero-order valence-electron chi connectivity index (χ0n) is 15.1. The molecule has 3 aromatic rings. The molecule has 0 fully saturated rings. The topological polar surface area (TPSA) is 55.1 Å². The molecule has 0 spiro atoms. The summed E-state index contributed by atoms with van der Waals surface area (Å²) in [5.74, 6) is 2.19. The zero-order valence-corrected chi connectivity index (χ0v) is 15.9. The number of amides is 1. The maximum absolute atomic E-state index is 13.5. The quantitative estimate of drug-likeness (QED) is 0.586. The summed E-state index contributed by atoms with van der Waals surface area (Å²) in [6.45, 7) is 2.34. The number of hydrogen-bond donors (Lipinski definition) is 1. The summed E-state index contributed by atoms with van der Waals surface area (Å²) in [6, 6.07) is 16.3. The molecule has 0 unspecified atom stereocenters. The summed E-state index contributed by atoms with van der Waals surface area (Å²) in [4.78, 5) is 16.6. The SMILES string of the molecule is Cc1oc(-c2ccccc2)nc1CC(=O)NCCSCc1ccccc1F. The molecule has 4 nitrogen and oxygen atoms in total. The van der Waals surface area contributed by atoms with Crippen LogP contribution in [0.25, 0.3) is 11.5 Å². The number of aryl methyl sites for hydroxylation is 1. The van der Waals surface area contributed by atoms with Gasteiger partial charge >= 0.3 is 0 Å². The number of thioether (sulfide) groups is 1. The van der Waals surface area contributed by atoms with Crippen molar-refractivity contribution >= 4 is 17.7 Å². The maximum atomic E-state index is 13.5. The van der Waals surface area contributed by atoms with E-state index in [0.717, 1.165) is 5.56 Å². The minimum absolute atomic E-state index is 0.0995. The van der Waals surface area contributed by atoms with Gasteiger partial charge in [0.15, 0.2) is 0 Å². The molecule has 0 aliphatic rings. The van der Waals surface area contributed by atoms with E-state index in [1.807, 2.05) is 43.3 Å². The molecule has 0 bridgehead atoms. The van der Waals surface area contributed by atoms with Crippen LogP contribution >= 0.6 is 11.8 Å². The van der Waals surface area contributed by atoms with Crippen molar-refractivity contribution in [3.05, 3.63) is 77.4 Å². The lowest BCUT2D eigenvalue weighted by molar-refractivity contribution is -0.120. The fourth-order valence-corrected chi connectivity index (χ4v) is 3.42. The number of benzene rings is 2. The van der Waals surface area contributed by atoms with Gasteiger partial charge in [-0.1, -0.05) is 36.4 Å². The van der Waals surface area contributed by atoms with Crippen molar-refractivity contribution in [2.45, 2.75) is 19.1 Å². The fraction of sp³-hybridized carbons (Fsp3) is 0.238. The van der Waals surface area contributed by atoms with E-state index in [1.54, 1.807) is 23.9 Å². The fourth-order valence-electron chi connectivity index (χ4n) is 2.57. The molecule has 0 saturated heterocycles. The number of hydrogen-bond acceptors (Lipinski definition) is 4. The van der Waals surface area contributed by atoms with Crippen LogP contribution in [0.15, 0.2) is 59.0 Å². The van der Waals surface area contributed by atoms with E-state index in [-0.39, 0.29) is 18.1 Å². The van der Waals surface area contributed by atoms with Crippen molar-refractivity contribution in [2.24, 2.45) is 0 Å². The number of halogens is 1. The minimum atomic E-state index is -0.190. The zero-order chi connectivity index (χ0) is 19.1. The highest BCUT2D eigenvalue weighted by molar-refractivity contribution is 7.98. The Morgan fingerprint density at radius 2 is 1.89 bits per heavy atom. The highest BCUT2D eigenvalue weighted by Gasteiger charge is 2.14. The molecule has 1 N–H and O–H groups in total. The molecule has 1 heterocycles. The molecule has 27 heavy (non-hydrogen) atoms. The second kappa shape index (κ2) is 9.37. The van der Waals surface area contributed by atoms with Gasteiger partial charge in [0.1, 0.15) is 11.6 Å². The van der Waals surface area contributed by atoms with E-state index in [9.17, 15) is 9.18 Å². The van der Waals surface area contributed by atoms with E-state index < -0.39 is 0 Å². The van der Waals surface area contributed by atoms with Crippen molar-refractivity contribution < 1.29 is 13.6 Å². The predicted octanol–water partition coefficient (Wildman–Crippen LogP) is 4.38. The van der Waals surface area contributed by atoms with Crippen molar-refractivity contribution in [1.82, 2.24) is 10.3 Å². The Morgan fingerprint density at radius 3 is 2.67 bits per heavy atom. The standard InChI is InChI=1S/C21H21FN2O2S/c1-15-19(24-21(26-15)16-7-3-2-4-8-16)13-20(25)23-11-12-27-14-17-9-5-6-10-18(17)22/h2-10H,11-14H2,1H3,(H,23,25).